The van der Waals surface area contributed by atoms with Gasteiger partial charge in [-0.2, -0.15) is 0 Å². The fraction of sp³-hybridized carbons (Fsp3) is 0.0769. The van der Waals surface area contributed by atoms with Crippen LogP contribution in [0.25, 0.3) is 11.3 Å². The molecule has 1 amide bonds. The summed E-state index contributed by atoms with van der Waals surface area (Å²) in [6.45, 7) is 0. The lowest BCUT2D eigenvalue weighted by Crippen LogP contribution is -2.08. The van der Waals surface area contributed by atoms with Crippen LogP contribution in [-0.2, 0) is 4.79 Å². The molecular weight excluding hydrogens is 246 g/mol. The number of nitrogens with two attached hydrogens (primary N) is 2. The van der Waals surface area contributed by atoms with Gasteiger partial charge in [0.05, 0.1) is 12.1 Å². The summed E-state index contributed by atoms with van der Waals surface area (Å²) in [4.78, 5) is 14.7. The average Bonchev–Trinajstić information content (AvgIpc) is 2.76. The number of thiazole rings is 1. The van der Waals surface area contributed by atoms with Crippen LogP contribution in [0, 0.1) is 11.8 Å². The van der Waals surface area contributed by atoms with Crippen molar-refractivity contribution in [1.82, 2.24) is 4.98 Å². The van der Waals surface area contributed by atoms with Gasteiger partial charge in [0.1, 0.15) is 0 Å². The number of carbonyl (C=O) groups is 1. The van der Waals surface area contributed by atoms with Crippen LogP contribution in [0.15, 0.2) is 29.6 Å². The van der Waals surface area contributed by atoms with Gasteiger partial charge in [-0.05, 0) is 12.1 Å². The Balaban J connectivity index is 2.14. The Morgan fingerprint density at radius 3 is 2.61 bits per heavy atom. The molecule has 1 aromatic heterocycles. The third-order valence-corrected chi connectivity index (χ3v) is 2.87. The highest BCUT2D eigenvalue weighted by atomic mass is 32.1. The summed E-state index contributed by atoms with van der Waals surface area (Å²) < 4.78 is 0. The number of hydrogen-bond acceptors (Lipinski definition) is 4. The molecule has 1 aromatic carbocycles. The second kappa shape index (κ2) is 5.34. The predicted octanol–water partition coefficient (Wildman–Crippen LogP) is 1.62. The summed E-state index contributed by atoms with van der Waals surface area (Å²) in [5.74, 6) is 5.15. The minimum atomic E-state index is -0.419. The number of primary amides is 1. The highest BCUT2D eigenvalue weighted by Gasteiger charge is 2.01. The highest BCUT2D eigenvalue weighted by Crippen LogP contribution is 2.22. The lowest BCUT2D eigenvalue weighted by Gasteiger charge is -1.96. The van der Waals surface area contributed by atoms with Crippen LogP contribution >= 0.6 is 11.3 Å². The van der Waals surface area contributed by atoms with E-state index in [1.54, 1.807) is 0 Å². The van der Waals surface area contributed by atoms with E-state index in [0.717, 1.165) is 16.8 Å². The monoisotopic (exact) mass is 257 g/mol. The highest BCUT2D eigenvalue weighted by molar-refractivity contribution is 7.13. The Labute approximate surface area is 109 Å². The minimum Gasteiger partial charge on any atom is -0.375 e. The van der Waals surface area contributed by atoms with E-state index in [2.05, 4.69) is 16.8 Å². The van der Waals surface area contributed by atoms with E-state index in [1.807, 2.05) is 29.6 Å². The smallest absolute Gasteiger partial charge is 0.229 e. The van der Waals surface area contributed by atoms with E-state index in [0.29, 0.717) is 5.13 Å². The summed E-state index contributed by atoms with van der Waals surface area (Å²) in [5.41, 5.74) is 13.3. The zero-order valence-electron chi connectivity index (χ0n) is 9.51. The molecule has 0 bridgehead atoms. The maximum atomic E-state index is 10.5. The van der Waals surface area contributed by atoms with Gasteiger partial charge in [-0.1, -0.05) is 24.0 Å². The fourth-order valence-corrected chi connectivity index (χ4v) is 1.95. The fourth-order valence-electron chi connectivity index (χ4n) is 1.38. The molecular formula is C13H11N3OS. The van der Waals surface area contributed by atoms with Gasteiger partial charge in [-0.25, -0.2) is 4.98 Å². The zero-order chi connectivity index (χ0) is 13.0. The van der Waals surface area contributed by atoms with Crippen LogP contribution in [0.1, 0.15) is 12.0 Å². The molecule has 0 radical (unpaired) electrons. The number of nitrogens with zero attached hydrogens (tertiary/aromatic N) is 1. The van der Waals surface area contributed by atoms with Crippen molar-refractivity contribution >= 4 is 22.4 Å². The third kappa shape index (κ3) is 3.09. The predicted molar refractivity (Wildman–Crippen MR) is 72.7 cm³/mol. The molecule has 4 nitrogen and oxygen atoms in total. The topological polar surface area (TPSA) is 82.0 Å². The van der Waals surface area contributed by atoms with E-state index in [9.17, 15) is 4.79 Å². The summed E-state index contributed by atoms with van der Waals surface area (Å²) in [7, 11) is 0. The van der Waals surface area contributed by atoms with Crippen molar-refractivity contribution in [1.29, 1.82) is 0 Å². The Kier molecular flexibility index (Phi) is 3.60. The number of anilines is 1. The molecule has 4 N–H and O–H groups in total. The Morgan fingerprint density at radius 1 is 1.33 bits per heavy atom. The number of carbonyl (C=O) groups excluding carboxylic acids is 1. The van der Waals surface area contributed by atoms with Crippen LogP contribution < -0.4 is 11.5 Å². The van der Waals surface area contributed by atoms with E-state index in [-0.39, 0.29) is 6.42 Å². The lowest BCUT2D eigenvalue weighted by atomic mass is 10.1. The quantitative estimate of drug-likeness (QED) is 0.802. The molecule has 5 heteroatoms. The average molecular weight is 257 g/mol. The molecule has 0 atom stereocenters. The first-order chi connectivity index (χ1) is 8.65. The van der Waals surface area contributed by atoms with Gasteiger partial charge in [0.25, 0.3) is 0 Å². The largest absolute Gasteiger partial charge is 0.375 e. The number of benzene rings is 1. The van der Waals surface area contributed by atoms with Crippen molar-refractivity contribution in [2.75, 3.05) is 5.73 Å². The van der Waals surface area contributed by atoms with Crippen LogP contribution in [0.2, 0.25) is 0 Å². The normalized spacial score (nSPS) is 9.56. The summed E-state index contributed by atoms with van der Waals surface area (Å²) in [6, 6.07) is 7.59. The van der Waals surface area contributed by atoms with Gasteiger partial charge >= 0.3 is 0 Å². The van der Waals surface area contributed by atoms with Crippen molar-refractivity contribution in [3.63, 3.8) is 0 Å². The maximum absolute atomic E-state index is 10.5. The first-order valence-electron chi connectivity index (χ1n) is 5.24. The molecule has 0 saturated carbocycles. The van der Waals surface area contributed by atoms with Gasteiger partial charge in [-0.15, -0.1) is 11.3 Å². The molecule has 0 aliphatic heterocycles. The molecule has 1 heterocycles. The number of hydrogen-bond donors (Lipinski definition) is 2. The molecule has 0 saturated heterocycles. The molecule has 2 aromatic rings. The lowest BCUT2D eigenvalue weighted by molar-refractivity contribution is -0.117. The van der Waals surface area contributed by atoms with E-state index < -0.39 is 5.91 Å². The summed E-state index contributed by atoms with van der Waals surface area (Å²) in [6.07, 6.45) is 0.0738. The van der Waals surface area contributed by atoms with Crippen molar-refractivity contribution in [3.8, 4) is 23.1 Å². The van der Waals surface area contributed by atoms with Crippen molar-refractivity contribution < 1.29 is 4.79 Å². The van der Waals surface area contributed by atoms with E-state index >= 15 is 0 Å². The maximum Gasteiger partial charge on any atom is 0.229 e. The van der Waals surface area contributed by atoms with Crippen LogP contribution in [-0.4, -0.2) is 10.9 Å². The number of aromatic nitrogens is 1. The van der Waals surface area contributed by atoms with Crippen LogP contribution in [0.4, 0.5) is 5.13 Å². The Morgan fingerprint density at radius 2 is 2.06 bits per heavy atom. The second-order valence-corrected chi connectivity index (χ2v) is 4.48. The standard InChI is InChI=1S/C13H11N3OS/c14-12(17)3-1-2-9-4-6-10(7-5-9)11-8-18-13(15)16-11/h4-8H,3H2,(H2,14,17)(H2,15,16). The molecule has 18 heavy (non-hydrogen) atoms. The van der Waals surface area contributed by atoms with Gasteiger partial charge in [-0.3, -0.25) is 4.79 Å². The number of nitrogen functional groups attached to an aromatic ring is 1. The first kappa shape index (κ1) is 12.1. The molecule has 0 unspecified atom stereocenters. The molecule has 90 valence electrons. The van der Waals surface area contributed by atoms with E-state index in [4.69, 9.17) is 11.5 Å². The number of rotatable bonds is 2. The van der Waals surface area contributed by atoms with Crippen LogP contribution in [0.3, 0.4) is 0 Å². The Hall–Kier alpha value is -2.32. The van der Waals surface area contributed by atoms with Crippen LogP contribution in [0.5, 0.6) is 0 Å². The Bertz CT molecular complexity index is 620. The minimum absolute atomic E-state index is 0.0738. The molecule has 0 spiro atoms. The zero-order valence-corrected chi connectivity index (χ0v) is 10.3. The third-order valence-electron chi connectivity index (χ3n) is 2.20. The SMILES string of the molecule is NC(=O)CC#Cc1ccc(-c2csc(N)n2)cc1. The van der Waals surface area contributed by atoms with Crippen molar-refractivity contribution in [2.45, 2.75) is 6.42 Å². The molecule has 0 aliphatic rings. The summed E-state index contributed by atoms with van der Waals surface area (Å²) in [5, 5.41) is 2.46. The first-order valence-corrected chi connectivity index (χ1v) is 6.12. The molecule has 0 fully saturated rings. The van der Waals surface area contributed by atoms with Gasteiger partial charge in [0, 0.05) is 16.5 Å². The molecule has 0 aliphatic carbocycles. The molecule has 2 rings (SSSR count). The number of amides is 1. The van der Waals surface area contributed by atoms with Gasteiger partial charge in [0.15, 0.2) is 5.13 Å². The van der Waals surface area contributed by atoms with E-state index in [1.165, 1.54) is 11.3 Å². The van der Waals surface area contributed by atoms with Crippen molar-refractivity contribution in [2.24, 2.45) is 5.73 Å². The van der Waals surface area contributed by atoms with Crippen molar-refractivity contribution in [3.05, 3.63) is 35.2 Å². The van der Waals surface area contributed by atoms with Gasteiger partial charge in [0.2, 0.25) is 5.91 Å². The van der Waals surface area contributed by atoms with Gasteiger partial charge < -0.3 is 11.5 Å². The second-order valence-electron chi connectivity index (χ2n) is 3.59. The summed E-state index contributed by atoms with van der Waals surface area (Å²) >= 11 is 1.41.